The van der Waals surface area contributed by atoms with E-state index in [1.165, 1.54) is 4.90 Å². The first-order valence-corrected chi connectivity index (χ1v) is 11.2. The van der Waals surface area contributed by atoms with E-state index in [-0.39, 0.29) is 30.7 Å². The van der Waals surface area contributed by atoms with Crippen molar-refractivity contribution in [2.75, 3.05) is 6.54 Å². The van der Waals surface area contributed by atoms with Gasteiger partial charge in [0, 0.05) is 37.1 Å². The molecule has 2 aromatic rings. The Kier molecular flexibility index (Phi) is 6.33. The minimum Gasteiger partial charge on any atom is -0.391 e. The molecule has 1 aromatic carbocycles. The van der Waals surface area contributed by atoms with Crippen molar-refractivity contribution in [3.63, 3.8) is 0 Å². The van der Waals surface area contributed by atoms with Gasteiger partial charge in [-0.05, 0) is 36.5 Å². The molecule has 1 saturated heterocycles. The van der Waals surface area contributed by atoms with Crippen molar-refractivity contribution < 1.29 is 19.2 Å². The maximum atomic E-state index is 13.5. The van der Waals surface area contributed by atoms with Gasteiger partial charge in [-0.15, -0.1) is 6.42 Å². The van der Waals surface area contributed by atoms with Crippen LogP contribution in [0.15, 0.2) is 34.9 Å². The van der Waals surface area contributed by atoms with Crippen molar-refractivity contribution >= 4 is 11.8 Å². The number of rotatable bonds is 7. The number of likely N-dealkylation sites (tertiary alicyclic amines) is 1. The largest absolute Gasteiger partial charge is 0.391 e. The molecular formula is C25H29N3O4. The lowest BCUT2D eigenvalue weighted by molar-refractivity contribution is -0.141. The van der Waals surface area contributed by atoms with E-state index in [2.05, 4.69) is 16.4 Å². The predicted molar refractivity (Wildman–Crippen MR) is 118 cm³/mol. The van der Waals surface area contributed by atoms with Gasteiger partial charge in [0.2, 0.25) is 11.8 Å². The Labute approximate surface area is 188 Å². The number of nitrogens with one attached hydrogen (secondary N) is 1. The van der Waals surface area contributed by atoms with Gasteiger partial charge in [0.05, 0.1) is 11.8 Å². The van der Waals surface area contributed by atoms with Crippen molar-refractivity contribution in [2.24, 2.45) is 5.92 Å². The fraction of sp³-hybridized carbons (Fsp3) is 0.480. The van der Waals surface area contributed by atoms with Gasteiger partial charge in [-0.25, -0.2) is 0 Å². The average molecular weight is 436 g/mol. The number of aliphatic hydroxyl groups is 1. The average Bonchev–Trinajstić information content (AvgIpc) is 3.39. The van der Waals surface area contributed by atoms with E-state index >= 15 is 0 Å². The van der Waals surface area contributed by atoms with E-state index in [1.807, 2.05) is 44.2 Å². The number of aliphatic hydroxyl groups excluding tert-OH is 1. The van der Waals surface area contributed by atoms with Crippen molar-refractivity contribution in [1.82, 2.24) is 15.4 Å². The van der Waals surface area contributed by atoms with Crippen LogP contribution in [-0.4, -0.2) is 45.7 Å². The van der Waals surface area contributed by atoms with E-state index in [4.69, 9.17) is 10.9 Å². The Morgan fingerprint density at radius 2 is 2.03 bits per heavy atom. The number of β-amino-alcohol motifs (C(OH)–C–C–N with tert-alkyl or cyclic N) is 1. The molecule has 3 atom stereocenters. The van der Waals surface area contributed by atoms with Gasteiger partial charge in [-0.3, -0.25) is 9.59 Å². The fourth-order valence-electron chi connectivity index (χ4n) is 4.27. The number of terminal acetylenes is 1. The summed E-state index contributed by atoms with van der Waals surface area (Å²) in [6.07, 6.45) is 7.04. The molecule has 1 aliphatic carbocycles. The summed E-state index contributed by atoms with van der Waals surface area (Å²) in [5.41, 5.74) is 2.57. The first-order valence-electron chi connectivity index (χ1n) is 11.2. The molecule has 0 radical (unpaired) electrons. The zero-order chi connectivity index (χ0) is 22.8. The van der Waals surface area contributed by atoms with Crippen molar-refractivity contribution in [2.45, 2.75) is 63.6 Å². The van der Waals surface area contributed by atoms with Crippen molar-refractivity contribution in [3.8, 4) is 12.3 Å². The molecular weight excluding hydrogens is 406 g/mol. The van der Waals surface area contributed by atoms with E-state index in [0.29, 0.717) is 18.2 Å². The zero-order valence-electron chi connectivity index (χ0n) is 18.5. The highest BCUT2D eigenvalue weighted by Crippen LogP contribution is 2.41. The van der Waals surface area contributed by atoms with Crippen LogP contribution in [0, 0.1) is 18.3 Å². The van der Waals surface area contributed by atoms with Crippen LogP contribution in [0.1, 0.15) is 67.5 Å². The minimum absolute atomic E-state index is 0.0429. The summed E-state index contributed by atoms with van der Waals surface area (Å²) in [5, 5.41) is 17.3. The summed E-state index contributed by atoms with van der Waals surface area (Å²) in [5.74, 6) is 2.43. The van der Waals surface area contributed by atoms with Crippen LogP contribution in [0.2, 0.25) is 0 Å². The molecule has 168 valence electrons. The quantitative estimate of drug-likeness (QED) is 0.652. The van der Waals surface area contributed by atoms with E-state index in [0.717, 1.165) is 29.7 Å². The molecule has 7 heteroatoms. The summed E-state index contributed by atoms with van der Waals surface area (Å²) in [6.45, 7) is 4.34. The maximum absolute atomic E-state index is 13.5. The van der Waals surface area contributed by atoms with Gasteiger partial charge in [-0.2, -0.15) is 0 Å². The Morgan fingerprint density at radius 3 is 2.66 bits per heavy atom. The van der Waals surface area contributed by atoms with Gasteiger partial charge in [-0.1, -0.05) is 37.1 Å². The monoisotopic (exact) mass is 435 g/mol. The number of carbonyl (C=O) groups is 2. The summed E-state index contributed by atoms with van der Waals surface area (Å²) in [6, 6.07) is 8.50. The fourth-order valence-corrected chi connectivity index (χ4v) is 4.27. The highest BCUT2D eigenvalue weighted by molar-refractivity contribution is 5.91. The third-order valence-electron chi connectivity index (χ3n) is 6.23. The lowest BCUT2D eigenvalue weighted by Gasteiger charge is -2.28. The molecule has 1 unspecified atom stereocenters. The molecule has 0 bridgehead atoms. The van der Waals surface area contributed by atoms with E-state index in [9.17, 15) is 14.7 Å². The minimum atomic E-state index is -0.742. The molecule has 2 aliphatic rings. The SMILES string of the molecule is C#Cc1ccc(CNC(=O)[C@@H]2C[C@@H](O)CN2C(=O)C(c2cc(C3CC3)no2)C(C)C)cc1. The van der Waals surface area contributed by atoms with Gasteiger partial charge in [0.25, 0.3) is 0 Å². The van der Waals surface area contributed by atoms with Crippen molar-refractivity contribution in [3.05, 3.63) is 52.9 Å². The molecule has 7 nitrogen and oxygen atoms in total. The molecule has 2 fully saturated rings. The lowest BCUT2D eigenvalue weighted by Crippen LogP contribution is -2.48. The second kappa shape index (κ2) is 9.17. The lowest BCUT2D eigenvalue weighted by atomic mass is 9.91. The number of amides is 2. The maximum Gasteiger partial charge on any atom is 0.243 e. The summed E-state index contributed by atoms with van der Waals surface area (Å²) >= 11 is 0. The summed E-state index contributed by atoms with van der Waals surface area (Å²) in [4.78, 5) is 28.0. The molecule has 4 rings (SSSR count). The topological polar surface area (TPSA) is 95.7 Å². The van der Waals surface area contributed by atoms with Crippen LogP contribution in [0.3, 0.4) is 0 Å². The third-order valence-corrected chi connectivity index (χ3v) is 6.23. The Morgan fingerprint density at radius 1 is 1.31 bits per heavy atom. The van der Waals surface area contributed by atoms with Crippen LogP contribution < -0.4 is 5.32 Å². The van der Waals surface area contributed by atoms with Gasteiger partial charge < -0.3 is 19.8 Å². The first kappa shape index (κ1) is 22.1. The van der Waals surface area contributed by atoms with Crippen molar-refractivity contribution in [1.29, 1.82) is 0 Å². The smallest absolute Gasteiger partial charge is 0.243 e. The number of hydrogen-bond acceptors (Lipinski definition) is 5. The second-order valence-corrected chi connectivity index (χ2v) is 9.11. The van der Waals surface area contributed by atoms with Crippen LogP contribution in [0.4, 0.5) is 0 Å². The second-order valence-electron chi connectivity index (χ2n) is 9.11. The molecule has 1 aliphatic heterocycles. The van der Waals surface area contributed by atoms with Crippen LogP contribution >= 0.6 is 0 Å². The molecule has 1 saturated carbocycles. The van der Waals surface area contributed by atoms with Gasteiger partial charge in [0.1, 0.15) is 17.7 Å². The van der Waals surface area contributed by atoms with Gasteiger partial charge >= 0.3 is 0 Å². The molecule has 2 N–H and O–H groups in total. The summed E-state index contributed by atoms with van der Waals surface area (Å²) in [7, 11) is 0. The van der Waals surface area contributed by atoms with Gasteiger partial charge in [0.15, 0.2) is 0 Å². The molecule has 0 spiro atoms. The first-order chi connectivity index (χ1) is 15.4. The Bertz CT molecular complexity index is 1020. The van der Waals surface area contributed by atoms with Crippen LogP contribution in [0.25, 0.3) is 0 Å². The predicted octanol–water partition coefficient (Wildman–Crippen LogP) is 2.55. The highest BCUT2D eigenvalue weighted by Gasteiger charge is 2.43. The zero-order valence-corrected chi connectivity index (χ0v) is 18.5. The van der Waals surface area contributed by atoms with Crippen LogP contribution in [0.5, 0.6) is 0 Å². The third kappa shape index (κ3) is 4.71. The molecule has 2 heterocycles. The number of carbonyl (C=O) groups excluding carboxylic acids is 2. The number of aromatic nitrogens is 1. The van der Waals surface area contributed by atoms with Crippen LogP contribution in [-0.2, 0) is 16.1 Å². The van der Waals surface area contributed by atoms with E-state index in [1.54, 1.807) is 0 Å². The number of benzene rings is 1. The molecule has 2 amide bonds. The number of hydrogen-bond donors (Lipinski definition) is 2. The molecule has 32 heavy (non-hydrogen) atoms. The Hall–Kier alpha value is -3.11. The Balaban J connectivity index is 1.46. The number of nitrogens with zero attached hydrogens (tertiary/aromatic N) is 2. The van der Waals surface area contributed by atoms with E-state index < -0.39 is 18.1 Å². The molecule has 1 aromatic heterocycles. The normalized spacial score (nSPS) is 21.4. The highest BCUT2D eigenvalue weighted by atomic mass is 16.5. The summed E-state index contributed by atoms with van der Waals surface area (Å²) < 4.78 is 5.54. The standard InChI is InChI=1S/C25H29N3O4/c1-4-16-5-7-17(8-6-16)13-26-24(30)21-11-19(29)14-28(21)25(31)23(15(2)3)22-12-20(27-32-22)18-9-10-18/h1,5-8,12,15,18-19,21,23,29H,9-11,13-14H2,2-3H3,(H,26,30)/t19-,21+,23?/m1/s1.